The average Bonchev–Trinajstić information content (AvgIpc) is 2.67. The minimum absolute atomic E-state index is 0.00816. The number of hydrogen-bond acceptors (Lipinski definition) is 6. The number of anilines is 2. The van der Waals surface area contributed by atoms with Crippen LogP contribution in [0.25, 0.3) is 11.1 Å². The van der Waals surface area contributed by atoms with Crippen molar-refractivity contribution in [3.63, 3.8) is 0 Å². The third-order valence-corrected chi connectivity index (χ3v) is 5.57. The van der Waals surface area contributed by atoms with Crippen molar-refractivity contribution in [3.05, 3.63) is 66.2 Å². The topological polar surface area (TPSA) is 139 Å². The number of aromatic carboxylic acids is 1. The summed E-state index contributed by atoms with van der Waals surface area (Å²) in [7, 11) is -2.48. The number of rotatable bonds is 6. The average molecular weight is 414 g/mol. The van der Waals surface area contributed by atoms with E-state index in [0.717, 1.165) is 12.1 Å². The molecule has 0 saturated carbocycles. The number of benzene rings is 3. The Morgan fingerprint density at radius 3 is 2.38 bits per heavy atom. The van der Waals surface area contributed by atoms with E-state index in [1.54, 1.807) is 30.3 Å². The molecule has 3 aromatic carbocycles. The van der Waals surface area contributed by atoms with E-state index >= 15 is 0 Å². The van der Waals surface area contributed by atoms with Crippen LogP contribution in [-0.2, 0) is 10.0 Å². The molecule has 8 nitrogen and oxygen atoms in total. The second-order valence-electron chi connectivity index (χ2n) is 6.13. The first-order valence-corrected chi connectivity index (χ1v) is 9.82. The SMILES string of the molecule is COc1ccc(-c2cccc(S(=O)(=O)Nc3ccc(C(=O)O)c(O)c3)c2)cc1N. The monoisotopic (exact) mass is 414 g/mol. The fraction of sp³-hybridized carbons (Fsp3) is 0.0500. The molecule has 0 unspecified atom stereocenters. The number of nitrogens with one attached hydrogen (secondary N) is 1. The number of phenols is 1. The van der Waals surface area contributed by atoms with Crippen molar-refractivity contribution in [2.75, 3.05) is 17.6 Å². The summed E-state index contributed by atoms with van der Waals surface area (Å²) in [5, 5.41) is 18.7. The normalized spacial score (nSPS) is 11.1. The highest BCUT2D eigenvalue weighted by Crippen LogP contribution is 2.30. The van der Waals surface area contributed by atoms with Crippen molar-refractivity contribution in [2.45, 2.75) is 4.90 Å². The molecule has 9 heteroatoms. The van der Waals surface area contributed by atoms with Crippen molar-refractivity contribution >= 4 is 27.4 Å². The third-order valence-electron chi connectivity index (χ3n) is 4.19. The van der Waals surface area contributed by atoms with Crippen LogP contribution in [0.1, 0.15) is 10.4 Å². The molecule has 5 N–H and O–H groups in total. The van der Waals surface area contributed by atoms with Crippen LogP contribution in [-0.4, -0.2) is 31.7 Å². The highest BCUT2D eigenvalue weighted by Gasteiger charge is 2.17. The van der Waals surface area contributed by atoms with Crippen LogP contribution in [0.15, 0.2) is 65.6 Å². The number of nitrogen functional groups attached to an aromatic ring is 1. The molecule has 0 bridgehead atoms. The fourth-order valence-corrected chi connectivity index (χ4v) is 3.84. The van der Waals surface area contributed by atoms with E-state index in [0.29, 0.717) is 22.6 Å². The van der Waals surface area contributed by atoms with Gasteiger partial charge < -0.3 is 20.7 Å². The first-order valence-electron chi connectivity index (χ1n) is 8.34. The molecule has 0 aromatic heterocycles. The number of methoxy groups -OCH3 is 1. The summed E-state index contributed by atoms with van der Waals surface area (Å²) in [6.07, 6.45) is 0. The molecule has 0 amide bonds. The molecular formula is C20H18N2O6S. The second kappa shape index (κ2) is 7.72. The van der Waals surface area contributed by atoms with Crippen molar-refractivity contribution < 1.29 is 28.2 Å². The van der Waals surface area contributed by atoms with E-state index in [1.807, 2.05) is 0 Å². The summed E-state index contributed by atoms with van der Waals surface area (Å²) in [6, 6.07) is 14.8. The standard InChI is InChI=1S/C20H18N2O6S/c1-28-19-8-5-13(10-17(19)21)12-3-2-4-15(9-12)29(26,27)22-14-6-7-16(20(24)25)18(23)11-14/h2-11,22-23H,21H2,1H3,(H,24,25). The van der Waals surface area contributed by atoms with Gasteiger partial charge in [-0.25, -0.2) is 13.2 Å². The van der Waals surface area contributed by atoms with E-state index in [2.05, 4.69) is 4.72 Å². The molecule has 3 aromatic rings. The van der Waals surface area contributed by atoms with Crippen LogP contribution in [0.4, 0.5) is 11.4 Å². The largest absolute Gasteiger partial charge is 0.507 e. The summed E-state index contributed by atoms with van der Waals surface area (Å²) in [5.74, 6) is -1.34. The van der Waals surface area contributed by atoms with Crippen LogP contribution in [0, 0.1) is 0 Å². The maximum Gasteiger partial charge on any atom is 0.339 e. The molecule has 0 spiro atoms. The lowest BCUT2D eigenvalue weighted by atomic mass is 10.0. The number of carboxylic acids is 1. The zero-order valence-electron chi connectivity index (χ0n) is 15.3. The van der Waals surface area contributed by atoms with E-state index < -0.39 is 21.7 Å². The van der Waals surface area contributed by atoms with Crippen LogP contribution >= 0.6 is 0 Å². The van der Waals surface area contributed by atoms with Gasteiger partial charge in [-0.05, 0) is 47.5 Å². The minimum Gasteiger partial charge on any atom is -0.507 e. The number of nitrogens with two attached hydrogens (primary N) is 1. The molecule has 0 aliphatic heterocycles. The van der Waals surface area contributed by atoms with Crippen molar-refractivity contribution in [1.82, 2.24) is 0 Å². The predicted octanol–water partition coefficient (Wildman–Crippen LogP) is 3.15. The second-order valence-corrected chi connectivity index (χ2v) is 7.81. The zero-order valence-corrected chi connectivity index (χ0v) is 16.1. The van der Waals surface area contributed by atoms with E-state index in [-0.39, 0.29) is 16.1 Å². The van der Waals surface area contributed by atoms with Crippen LogP contribution in [0.5, 0.6) is 11.5 Å². The van der Waals surface area contributed by atoms with Gasteiger partial charge in [0.05, 0.1) is 23.4 Å². The maximum absolute atomic E-state index is 12.7. The van der Waals surface area contributed by atoms with E-state index in [4.69, 9.17) is 15.6 Å². The smallest absolute Gasteiger partial charge is 0.339 e. The Bertz CT molecular complexity index is 1190. The van der Waals surface area contributed by atoms with Crippen LogP contribution < -0.4 is 15.2 Å². The summed E-state index contributed by atoms with van der Waals surface area (Å²) < 4.78 is 32.9. The number of carbonyl (C=O) groups is 1. The molecule has 29 heavy (non-hydrogen) atoms. The fourth-order valence-electron chi connectivity index (χ4n) is 2.75. The number of ether oxygens (including phenoxy) is 1. The minimum atomic E-state index is -3.98. The summed E-state index contributed by atoms with van der Waals surface area (Å²) in [6.45, 7) is 0. The number of aromatic hydroxyl groups is 1. The Kier molecular flexibility index (Phi) is 5.33. The molecule has 3 rings (SSSR count). The molecule has 0 aliphatic rings. The highest BCUT2D eigenvalue weighted by atomic mass is 32.2. The van der Waals surface area contributed by atoms with Crippen molar-refractivity contribution in [2.24, 2.45) is 0 Å². The Labute approximate surface area is 167 Å². The van der Waals surface area contributed by atoms with Gasteiger partial charge in [0.2, 0.25) is 0 Å². The Hall–Kier alpha value is -3.72. The van der Waals surface area contributed by atoms with E-state index in [9.17, 15) is 18.3 Å². The first-order chi connectivity index (χ1) is 13.7. The highest BCUT2D eigenvalue weighted by molar-refractivity contribution is 7.92. The molecular weight excluding hydrogens is 396 g/mol. The molecule has 0 saturated heterocycles. The number of sulfonamides is 1. The van der Waals surface area contributed by atoms with Gasteiger partial charge in [0.25, 0.3) is 10.0 Å². The molecule has 0 aliphatic carbocycles. The summed E-state index contributed by atoms with van der Waals surface area (Å²) in [4.78, 5) is 11.0. The van der Waals surface area contributed by atoms with E-state index in [1.165, 1.54) is 25.3 Å². The van der Waals surface area contributed by atoms with Gasteiger partial charge in [0.15, 0.2) is 0 Å². The third kappa shape index (κ3) is 4.25. The lowest BCUT2D eigenvalue weighted by Gasteiger charge is -2.11. The quantitative estimate of drug-likeness (QED) is 0.454. The first kappa shape index (κ1) is 20.0. The number of carboxylic acid groups (broad SMARTS) is 1. The molecule has 0 radical (unpaired) electrons. The molecule has 0 atom stereocenters. The van der Waals surface area contributed by atoms with Gasteiger partial charge >= 0.3 is 5.97 Å². The van der Waals surface area contributed by atoms with Gasteiger partial charge in [-0.1, -0.05) is 18.2 Å². The predicted molar refractivity (Wildman–Crippen MR) is 109 cm³/mol. The summed E-state index contributed by atoms with van der Waals surface area (Å²) in [5.41, 5.74) is 7.39. The maximum atomic E-state index is 12.7. The van der Waals surface area contributed by atoms with Gasteiger partial charge in [0, 0.05) is 6.07 Å². The summed E-state index contributed by atoms with van der Waals surface area (Å²) >= 11 is 0. The lowest BCUT2D eigenvalue weighted by molar-refractivity contribution is 0.0694. The molecule has 0 heterocycles. The Balaban J connectivity index is 1.92. The van der Waals surface area contributed by atoms with Crippen molar-refractivity contribution in [3.8, 4) is 22.6 Å². The van der Waals surface area contributed by atoms with Gasteiger partial charge in [-0.15, -0.1) is 0 Å². The zero-order chi connectivity index (χ0) is 21.2. The van der Waals surface area contributed by atoms with Crippen LogP contribution in [0.3, 0.4) is 0 Å². The van der Waals surface area contributed by atoms with Crippen LogP contribution in [0.2, 0.25) is 0 Å². The lowest BCUT2D eigenvalue weighted by Crippen LogP contribution is -2.13. The molecule has 0 fully saturated rings. The molecule has 150 valence electrons. The number of hydrogen-bond donors (Lipinski definition) is 4. The Morgan fingerprint density at radius 2 is 1.76 bits per heavy atom. The van der Waals surface area contributed by atoms with Gasteiger partial charge in [0.1, 0.15) is 17.1 Å². The van der Waals surface area contributed by atoms with Gasteiger partial charge in [-0.3, -0.25) is 4.72 Å². The van der Waals surface area contributed by atoms with Crippen molar-refractivity contribution in [1.29, 1.82) is 0 Å². The Morgan fingerprint density at radius 1 is 1.03 bits per heavy atom. The van der Waals surface area contributed by atoms with Gasteiger partial charge in [-0.2, -0.15) is 0 Å².